The van der Waals surface area contributed by atoms with Gasteiger partial charge in [-0.25, -0.2) is 4.98 Å². The molecule has 0 radical (unpaired) electrons. The number of rotatable bonds is 16. The lowest BCUT2D eigenvalue weighted by Crippen LogP contribution is -2.54. The predicted molar refractivity (Wildman–Crippen MR) is 211 cm³/mol. The summed E-state index contributed by atoms with van der Waals surface area (Å²) in [4.78, 5) is 87.5. The third-order valence-corrected chi connectivity index (χ3v) is 10.9. The third-order valence-electron chi connectivity index (χ3n) is 10.9. The van der Waals surface area contributed by atoms with Crippen molar-refractivity contribution in [2.75, 3.05) is 30.3 Å². The van der Waals surface area contributed by atoms with Gasteiger partial charge in [0.2, 0.25) is 11.8 Å². The number of anilines is 2. The van der Waals surface area contributed by atoms with E-state index >= 15 is 0 Å². The fraction of sp³-hybridized carbons (Fsp3) is 0.405. The summed E-state index contributed by atoms with van der Waals surface area (Å²) in [6.45, 7) is 5.28. The highest BCUT2D eigenvalue weighted by Crippen LogP contribution is 2.32. The number of imidazole rings is 1. The van der Waals surface area contributed by atoms with E-state index in [9.17, 15) is 28.8 Å². The van der Waals surface area contributed by atoms with Crippen LogP contribution in [-0.4, -0.2) is 86.9 Å². The van der Waals surface area contributed by atoms with Crippen molar-refractivity contribution < 1.29 is 28.8 Å². The Labute approximate surface area is 325 Å². The van der Waals surface area contributed by atoms with E-state index in [1.54, 1.807) is 42.5 Å². The Morgan fingerprint density at radius 3 is 2.30 bits per heavy atom. The van der Waals surface area contributed by atoms with Crippen molar-refractivity contribution in [3.8, 4) is 0 Å². The molecule has 5 N–H and O–H groups in total. The largest absolute Gasteiger partial charge is 0.384 e. The second-order valence-electron chi connectivity index (χ2n) is 14.9. The van der Waals surface area contributed by atoms with Crippen molar-refractivity contribution >= 4 is 57.9 Å². The molecule has 3 aliphatic rings. The van der Waals surface area contributed by atoms with Crippen LogP contribution in [-0.2, 0) is 16.1 Å². The van der Waals surface area contributed by atoms with Crippen LogP contribution in [0.3, 0.4) is 0 Å². The fourth-order valence-corrected chi connectivity index (χ4v) is 7.75. The molecule has 0 saturated carbocycles. The van der Waals surface area contributed by atoms with Crippen LogP contribution >= 0.6 is 0 Å². The molecule has 14 heteroatoms. The molecule has 4 heterocycles. The number of aromatic nitrogens is 2. The second-order valence-corrected chi connectivity index (χ2v) is 14.9. The maximum absolute atomic E-state index is 13.3. The number of piperidine rings is 1. The number of amides is 6. The summed E-state index contributed by atoms with van der Waals surface area (Å²) < 4.78 is 0. The first-order chi connectivity index (χ1) is 27.2. The number of nitrogens with zero attached hydrogens (tertiary/aromatic N) is 3. The lowest BCUT2D eigenvalue weighted by molar-refractivity contribution is -0.136. The molecule has 4 aromatic rings. The topological polar surface area (TPSA) is 186 Å². The number of likely N-dealkylation sites (tertiary alicyclic amines) is 1. The second kappa shape index (κ2) is 17.3. The molecule has 1 aromatic heterocycles. The van der Waals surface area contributed by atoms with Crippen LogP contribution in [0, 0.1) is 0 Å². The number of carbonyl (C=O) groups is 6. The van der Waals surface area contributed by atoms with Gasteiger partial charge < -0.3 is 20.9 Å². The lowest BCUT2D eigenvalue weighted by atomic mass is 10.0. The van der Waals surface area contributed by atoms with E-state index in [2.05, 4.69) is 38.1 Å². The molecule has 0 aliphatic carbocycles. The van der Waals surface area contributed by atoms with Gasteiger partial charge in [0, 0.05) is 48.1 Å². The minimum Gasteiger partial charge on any atom is -0.384 e. The zero-order valence-corrected chi connectivity index (χ0v) is 31.6. The van der Waals surface area contributed by atoms with Gasteiger partial charge in [-0.2, -0.15) is 0 Å². The van der Waals surface area contributed by atoms with Gasteiger partial charge in [-0.15, -0.1) is 0 Å². The summed E-state index contributed by atoms with van der Waals surface area (Å²) in [5.74, 6) is -1.60. The first-order valence-electron chi connectivity index (χ1n) is 19.7. The van der Waals surface area contributed by atoms with Crippen LogP contribution in [0.2, 0.25) is 0 Å². The number of nitrogens with one attached hydrogen (secondary N) is 5. The van der Waals surface area contributed by atoms with E-state index in [0.717, 1.165) is 73.4 Å². The van der Waals surface area contributed by atoms with Crippen LogP contribution in [0.4, 0.5) is 11.4 Å². The number of imide groups is 2. The number of aromatic amines is 1. The fourth-order valence-electron chi connectivity index (χ4n) is 7.75. The molecule has 1 unspecified atom stereocenters. The quantitative estimate of drug-likeness (QED) is 0.0739. The molecular weight excluding hydrogens is 713 g/mol. The zero-order chi connectivity index (χ0) is 39.2. The third kappa shape index (κ3) is 8.65. The number of hydrogen-bond acceptors (Lipinski definition) is 9. The summed E-state index contributed by atoms with van der Waals surface area (Å²) in [5, 5.41) is 11.4. The smallest absolute Gasteiger partial charge is 0.264 e. The number of hydrogen-bond donors (Lipinski definition) is 5. The van der Waals surface area contributed by atoms with Crippen molar-refractivity contribution in [1.82, 2.24) is 30.4 Å². The molecule has 3 aliphatic heterocycles. The van der Waals surface area contributed by atoms with Gasteiger partial charge >= 0.3 is 0 Å². The highest BCUT2D eigenvalue weighted by molar-refractivity contribution is 6.25. The maximum atomic E-state index is 13.3. The first kappa shape index (κ1) is 38.4. The number of benzene rings is 3. The summed E-state index contributed by atoms with van der Waals surface area (Å²) in [6, 6.07) is 16.9. The van der Waals surface area contributed by atoms with Crippen molar-refractivity contribution in [3.05, 3.63) is 88.7 Å². The van der Waals surface area contributed by atoms with Gasteiger partial charge in [-0.3, -0.25) is 43.9 Å². The number of H-pyrrole nitrogens is 1. The number of carbonyl (C=O) groups excluding carboxylic acids is 6. The average molecular weight is 761 g/mol. The SMILES string of the molecule is C[C@H]1CCCN1Cc1nc2cc(NC(=O)c3ccc(C(=O)NCCCCCCCCNc4cccc5c4C(=O)N(C4CCC(=O)NC4=O)C5=O)cc3)ccc2[nH]1. The Balaban J connectivity index is 0.773. The van der Waals surface area contributed by atoms with E-state index in [1.165, 1.54) is 12.8 Å². The minimum absolute atomic E-state index is 0.0766. The van der Waals surface area contributed by atoms with E-state index in [0.29, 0.717) is 41.6 Å². The average Bonchev–Trinajstić information content (AvgIpc) is 3.87. The maximum Gasteiger partial charge on any atom is 0.264 e. The molecule has 0 spiro atoms. The normalized spacial score (nSPS) is 18.3. The van der Waals surface area contributed by atoms with Gasteiger partial charge in [0.1, 0.15) is 11.9 Å². The highest BCUT2D eigenvalue weighted by Gasteiger charge is 2.45. The Kier molecular flexibility index (Phi) is 11.8. The lowest BCUT2D eigenvalue weighted by Gasteiger charge is -2.27. The van der Waals surface area contributed by atoms with E-state index in [4.69, 9.17) is 4.98 Å². The summed E-state index contributed by atoms with van der Waals surface area (Å²) in [6.07, 6.45) is 8.30. The number of fused-ring (bicyclic) bond motifs is 2. The van der Waals surface area contributed by atoms with Crippen molar-refractivity contribution in [3.63, 3.8) is 0 Å². The van der Waals surface area contributed by atoms with Crippen LogP contribution in [0.5, 0.6) is 0 Å². The molecule has 2 fully saturated rings. The zero-order valence-electron chi connectivity index (χ0n) is 31.6. The number of unbranched alkanes of at least 4 members (excludes halogenated alkanes) is 5. The molecule has 2 saturated heterocycles. The minimum atomic E-state index is -0.994. The molecule has 292 valence electrons. The van der Waals surface area contributed by atoms with Gasteiger partial charge in [-0.05, 0) is 100 Å². The first-order valence-corrected chi connectivity index (χ1v) is 19.7. The molecule has 6 amide bonds. The standard InChI is InChI=1S/C42H48N8O6/c1-26-10-9-23-49(26)25-35-46-31-18-17-29(24-33(31)47-35)45-39(53)28-15-13-27(14-16-28)38(52)44-22-7-5-3-2-4-6-21-43-32-12-8-11-30-37(32)42(56)50(41(30)55)34-19-20-36(51)48-40(34)54/h8,11-18,24,26,34,43H,2-7,9-10,19-23,25H2,1H3,(H,44,52)(H,45,53)(H,46,47)(H,48,51,54)/t26-,34?/m0/s1. The Bertz CT molecular complexity index is 2150. The van der Waals surface area contributed by atoms with E-state index < -0.39 is 29.7 Å². The van der Waals surface area contributed by atoms with Crippen molar-refractivity contribution in [2.45, 2.75) is 89.8 Å². The van der Waals surface area contributed by atoms with Crippen molar-refractivity contribution in [1.29, 1.82) is 0 Å². The van der Waals surface area contributed by atoms with E-state index in [1.807, 2.05) is 18.2 Å². The van der Waals surface area contributed by atoms with E-state index in [-0.39, 0.29) is 35.8 Å². The molecule has 14 nitrogen and oxygen atoms in total. The monoisotopic (exact) mass is 760 g/mol. The van der Waals surface area contributed by atoms with Crippen molar-refractivity contribution in [2.24, 2.45) is 0 Å². The van der Waals surface area contributed by atoms with Gasteiger partial charge in [-0.1, -0.05) is 31.7 Å². The highest BCUT2D eigenvalue weighted by atomic mass is 16.2. The molecule has 7 rings (SSSR count). The Morgan fingerprint density at radius 2 is 1.57 bits per heavy atom. The Hall–Kier alpha value is -5.89. The van der Waals surface area contributed by atoms with Gasteiger partial charge in [0.25, 0.3) is 23.6 Å². The van der Waals surface area contributed by atoms with Crippen LogP contribution in [0.1, 0.15) is 118 Å². The molecular formula is C42H48N8O6. The predicted octanol–water partition coefficient (Wildman–Crippen LogP) is 5.38. The van der Waals surface area contributed by atoms with Gasteiger partial charge in [0.15, 0.2) is 0 Å². The van der Waals surface area contributed by atoms with Crippen LogP contribution in [0.25, 0.3) is 11.0 Å². The summed E-state index contributed by atoms with van der Waals surface area (Å²) in [7, 11) is 0. The molecule has 0 bridgehead atoms. The van der Waals surface area contributed by atoms with Crippen LogP contribution in [0.15, 0.2) is 60.7 Å². The molecule has 56 heavy (non-hydrogen) atoms. The molecule has 3 aromatic carbocycles. The van der Waals surface area contributed by atoms with Crippen LogP contribution < -0.4 is 21.3 Å². The molecule has 2 atom stereocenters. The Morgan fingerprint density at radius 1 is 0.839 bits per heavy atom. The van der Waals surface area contributed by atoms with Gasteiger partial charge in [0.05, 0.1) is 28.7 Å². The summed E-state index contributed by atoms with van der Waals surface area (Å²) in [5.41, 5.74) is 4.42. The summed E-state index contributed by atoms with van der Waals surface area (Å²) >= 11 is 0.